The molecule has 2 aromatic rings. The van der Waals surface area contributed by atoms with Gasteiger partial charge in [-0.1, -0.05) is 12.1 Å². The largest absolute Gasteiger partial charge is 0.306 e. The van der Waals surface area contributed by atoms with Crippen molar-refractivity contribution in [3.8, 4) is 0 Å². The average molecular weight is 435 g/mol. The van der Waals surface area contributed by atoms with Crippen LogP contribution in [0, 0.1) is 10.8 Å². The van der Waals surface area contributed by atoms with E-state index < -0.39 is 22.9 Å². The fourth-order valence-electron chi connectivity index (χ4n) is 5.89. The Bertz CT molecular complexity index is 948. The molecule has 4 rings (SSSR count). The third kappa shape index (κ3) is 3.14. The Balaban J connectivity index is 2.06. The highest BCUT2D eigenvalue weighted by Gasteiger charge is 2.69. The zero-order valence-corrected chi connectivity index (χ0v) is 19.1. The number of piperidine rings is 1. The summed E-state index contributed by atoms with van der Waals surface area (Å²) in [5, 5.41) is 0. The summed E-state index contributed by atoms with van der Waals surface area (Å²) in [6, 6.07) is 9.89. The number of hydrogen-bond donors (Lipinski definition) is 0. The normalized spacial score (nSPS) is 31.6. The van der Waals surface area contributed by atoms with Crippen LogP contribution in [0.15, 0.2) is 48.8 Å². The molecular formula is C25H30N4O3. The van der Waals surface area contributed by atoms with Crippen molar-refractivity contribution in [3.05, 3.63) is 60.2 Å². The maximum atomic E-state index is 14.6. The summed E-state index contributed by atoms with van der Waals surface area (Å²) in [4.78, 5) is 54.7. The summed E-state index contributed by atoms with van der Waals surface area (Å²) in [6.45, 7) is 4.14. The molecule has 2 aromatic heterocycles. The number of pyridine rings is 2. The van der Waals surface area contributed by atoms with Crippen LogP contribution in [-0.4, -0.2) is 64.3 Å². The molecule has 0 saturated carbocycles. The smallest absolute Gasteiger partial charge is 0.163 e. The predicted octanol–water partition coefficient (Wildman–Crippen LogP) is 2.65. The van der Waals surface area contributed by atoms with Crippen molar-refractivity contribution in [1.29, 1.82) is 0 Å². The lowest BCUT2D eigenvalue weighted by Crippen LogP contribution is -2.67. The van der Waals surface area contributed by atoms with Crippen LogP contribution in [-0.2, 0) is 14.4 Å². The Hall–Kier alpha value is -2.77. The van der Waals surface area contributed by atoms with Gasteiger partial charge in [-0.05, 0) is 78.1 Å². The van der Waals surface area contributed by atoms with E-state index in [1.165, 1.54) is 13.8 Å². The molecule has 7 nitrogen and oxygen atoms in total. The third-order valence-corrected chi connectivity index (χ3v) is 7.53. The summed E-state index contributed by atoms with van der Waals surface area (Å²) < 4.78 is 0. The lowest BCUT2D eigenvalue weighted by atomic mass is 9.52. The van der Waals surface area contributed by atoms with Crippen LogP contribution in [0.5, 0.6) is 0 Å². The number of carbonyl (C=O) groups excluding carboxylic acids is 3. The molecule has 32 heavy (non-hydrogen) atoms. The van der Waals surface area contributed by atoms with E-state index in [1.54, 1.807) is 12.4 Å². The van der Waals surface area contributed by atoms with Crippen LogP contribution in [0.1, 0.15) is 50.2 Å². The van der Waals surface area contributed by atoms with Crippen LogP contribution in [0.4, 0.5) is 0 Å². The zero-order valence-electron chi connectivity index (χ0n) is 19.1. The number of carbonyl (C=O) groups is 3. The van der Waals surface area contributed by atoms with E-state index >= 15 is 0 Å². The molecule has 2 bridgehead atoms. The molecule has 7 heteroatoms. The second kappa shape index (κ2) is 8.30. The van der Waals surface area contributed by atoms with Crippen molar-refractivity contribution in [2.45, 2.75) is 38.8 Å². The van der Waals surface area contributed by atoms with Crippen LogP contribution in [0.25, 0.3) is 0 Å². The van der Waals surface area contributed by atoms with Crippen LogP contribution in [0.3, 0.4) is 0 Å². The second-order valence-corrected chi connectivity index (χ2v) is 9.17. The van der Waals surface area contributed by atoms with Gasteiger partial charge in [-0.15, -0.1) is 0 Å². The standard InChI is InChI=1S/C25H30N4O3/c1-17(30)24-11-15-28(3)16-12-25(18(2)31,23(24)32)22(20-10-6-8-14-27-20)29(4)21(24)19-9-5-7-13-26-19/h5-10,13-14,21-22H,11-12,15-16H2,1-4H3. The summed E-state index contributed by atoms with van der Waals surface area (Å²) in [5.74, 6) is -0.710. The van der Waals surface area contributed by atoms with Crippen LogP contribution >= 0.6 is 0 Å². The maximum Gasteiger partial charge on any atom is 0.163 e. The second-order valence-electron chi connectivity index (χ2n) is 9.17. The topological polar surface area (TPSA) is 83.5 Å². The lowest BCUT2D eigenvalue weighted by molar-refractivity contribution is -0.177. The highest BCUT2D eigenvalue weighted by atomic mass is 16.2. The van der Waals surface area contributed by atoms with Crippen molar-refractivity contribution in [2.24, 2.45) is 10.8 Å². The number of hydrogen-bond acceptors (Lipinski definition) is 7. The van der Waals surface area contributed by atoms with Crippen molar-refractivity contribution in [2.75, 3.05) is 27.2 Å². The van der Waals surface area contributed by atoms with Crippen molar-refractivity contribution < 1.29 is 14.4 Å². The number of ketones is 3. The highest BCUT2D eigenvalue weighted by Crippen LogP contribution is 2.60. The Kier molecular flexibility index (Phi) is 5.81. The van der Waals surface area contributed by atoms with Gasteiger partial charge in [0.15, 0.2) is 5.78 Å². The van der Waals surface area contributed by atoms with E-state index in [0.717, 1.165) is 0 Å². The monoisotopic (exact) mass is 434 g/mol. The minimum atomic E-state index is -1.37. The zero-order chi connectivity index (χ0) is 23.1. The molecule has 0 spiro atoms. The molecule has 0 aliphatic carbocycles. The molecule has 2 aliphatic heterocycles. The molecule has 0 N–H and O–H groups in total. The van der Waals surface area contributed by atoms with E-state index in [-0.39, 0.29) is 17.3 Å². The number of likely N-dealkylation sites (tertiary alicyclic amines) is 2. The lowest BCUT2D eigenvalue weighted by Gasteiger charge is -2.58. The first-order chi connectivity index (χ1) is 15.3. The van der Waals surface area contributed by atoms with Gasteiger partial charge in [-0.3, -0.25) is 29.3 Å². The molecule has 4 heterocycles. The summed E-state index contributed by atoms with van der Waals surface area (Å²) in [7, 11) is 3.87. The Morgan fingerprint density at radius 1 is 0.844 bits per heavy atom. The van der Waals surface area contributed by atoms with E-state index in [1.807, 2.05) is 55.4 Å². The Morgan fingerprint density at radius 2 is 1.28 bits per heavy atom. The van der Waals surface area contributed by atoms with Crippen LogP contribution < -0.4 is 0 Å². The number of rotatable bonds is 4. The quantitative estimate of drug-likeness (QED) is 0.684. The fourth-order valence-corrected chi connectivity index (χ4v) is 5.89. The third-order valence-electron chi connectivity index (χ3n) is 7.53. The average Bonchev–Trinajstić information content (AvgIpc) is 2.78. The van der Waals surface area contributed by atoms with Crippen LogP contribution in [0.2, 0.25) is 0 Å². The van der Waals surface area contributed by atoms with Gasteiger partial charge in [0.1, 0.15) is 22.4 Å². The van der Waals surface area contributed by atoms with Gasteiger partial charge in [-0.25, -0.2) is 0 Å². The van der Waals surface area contributed by atoms with Gasteiger partial charge in [0.2, 0.25) is 0 Å². The van der Waals surface area contributed by atoms with Gasteiger partial charge in [-0.2, -0.15) is 0 Å². The van der Waals surface area contributed by atoms with Crippen molar-refractivity contribution in [1.82, 2.24) is 19.8 Å². The number of Topliss-reactive ketones (excluding diaryl/α,β-unsaturated/α-hetero) is 3. The molecular weight excluding hydrogens is 404 g/mol. The minimum absolute atomic E-state index is 0.217. The molecule has 0 aromatic carbocycles. The molecule has 168 valence electrons. The molecule has 4 atom stereocenters. The van der Waals surface area contributed by atoms with Gasteiger partial charge < -0.3 is 4.90 Å². The van der Waals surface area contributed by atoms with Gasteiger partial charge >= 0.3 is 0 Å². The first-order valence-corrected chi connectivity index (χ1v) is 11.1. The highest BCUT2D eigenvalue weighted by molar-refractivity contribution is 6.18. The first kappa shape index (κ1) is 22.4. The number of nitrogens with zero attached hydrogens (tertiary/aromatic N) is 4. The summed E-state index contributed by atoms with van der Waals surface area (Å²) in [5.41, 5.74) is -1.43. The van der Waals surface area contributed by atoms with E-state index in [0.29, 0.717) is 37.3 Å². The summed E-state index contributed by atoms with van der Waals surface area (Å²) in [6.07, 6.45) is 4.04. The molecule has 2 fully saturated rings. The molecule has 4 unspecified atom stereocenters. The summed E-state index contributed by atoms with van der Waals surface area (Å²) >= 11 is 0. The molecule has 2 saturated heterocycles. The van der Waals surface area contributed by atoms with Crippen molar-refractivity contribution in [3.63, 3.8) is 0 Å². The molecule has 0 amide bonds. The minimum Gasteiger partial charge on any atom is -0.306 e. The fraction of sp³-hybridized carbons (Fsp3) is 0.480. The van der Waals surface area contributed by atoms with E-state index in [4.69, 9.17) is 0 Å². The molecule has 0 radical (unpaired) electrons. The van der Waals surface area contributed by atoms with Gasteiger partial charge in [0.05, 0.1) is 23.5 Å². The van der Waals surface area contributed by atoms with Gasteiger partial charge in [0.25, 0.3) is 0 Å². The maximum absolute atomic E-state index is 14.6. The Labute approximate surface area is 188 Å². The van der Waals surface area contributed by atoms with E-state index in [2.05, 4.69) is 14.9 Å². The number of fused-ring (bicyclic) bond motifs is 2. The first-order valence-electron chi connectivity index (χ1n) is 11.1. The SMILES string of the molecule is CC(=O)C12CCN(C)CCC(C(C)=O)(C1=O)C(c1ccccn1)N(C)C2c1ccccn1. The number of aromatic nitrogens is 2. The Morgan fingerprint density at radius 3 is 1.62 bits per heavy atom. The van der Waals surface area contributed by atoms with Gasteiger partial charge in [0, 0.05) is 12.4 Å². The van der Waals surface area contributed by atoms with E-state index in [9.17, 15) is 14.4 Å². The predicted molar refractivity (Wildman–Crippen MR) is 120 cm³/mol. The van der Waals surface area contributed by atoms with Crippen molar-refractivity contribution >= 4 is 17.3 Å². The molecule has 2 aliphatic rings.